The van der Waals surface area contributed by atoms with Gasteiger partial charge in [-0.05, 0) is 67.5 Å². The Hall–Kier alpha value is -0.120. The molecule has 2 heterocycles. The van der Waals surface area contributed by atoms with Gasteiger partial charge in [-0.1, -0.05) is 69.2 Å². The summed E-state index contributed by atoms with van der Waals surface area (Å²) >= 11 is 0. The predicted molar refractivity (Wildman–Crippen MR) is 141 cm³/mol. The molecule has 0 aromatic rings. The lowest BCUT2D eigenvalue weighted by Gasteiger charge is -2.38. The fourth-order valence-corrected chi connectivity index (χ4v) is 2.90. The van der Waals surface area contributed by atoms with E-state index in [1.165, 1.54) is 45.4 Å². The van der Waals surface area contributed by atoms with Crippen LogP contribution in [0.25, 0.3) is 0 Å². The van der Waals surface area contributed by atoms with Crippen LogP contribution in [-0.4, -0.2) is 60.1 Å². The summed E-state index contributed by atoms with van der Waals surface area (Å²) in [5.74, 6) is 0. The summed E-state index contributed by atoms with van der Waals surface area (Å²) in [5, 5.41) is 3.35. The summed E-state index contributed by atoms with van der Waals surface area (Å²) in [4.78, 5) is 5.10. The Morgan fingerprint density at radius 2 is 0.759 bits per heavy atom. The van der Waals surface area contributed by atoms with E-state index < -0.39 is 0 Å². The van der Waals surface area contributed by atoms with Crippen LogP contribution in [0.3, 0.4) is 0 Å². The number of nitrogens with zero attached hydrogens (tertiary/aromatic N) is 2. The van der Waals surface area contributed by atoms with Crippen molar-refractivity contribution in [3.05, 3.63) is 0 Å². The molecule has 2 saturated heterocycles. The molecule has 0 spiro atoms. The first kappa shape index (κ1) is 39.4. The normalized spacial score (nSPS) is 16.8. The molecule has 3 heteroatoms. The lowest BCUT2D eigenvalue weighted by Crippen LogP contribution is -2.51. The van der Waals surface area contributed by atoms with Crippen molar-refractivity contribution in [2.75, 3.05) is 39.3 Å². The Kier molecular flexibility index (Phi) is 35.2. The Morgan fingerprint density at radius 1 is 0.483 bits per heavy atom. The van der Waals surface area contributed by atoms with Gasteiger partial charge in [-0.15, -0.1) is 0 Å². The molecule has 2 aliphatic rings. The zero-order chi connectivity index (χ0) is 23.2. The van der Waals surface area contributed by atoms with Gasteiger partial charge in [-0.3, -0.25) is 9.80 Å². The van der Waals surface area contributed by atoms with Crippen molar-refractivity contribution in [2.45, 2.75) is 135 Å². The molecule has 0 aromatic carbocycles. The van der Waals surface area contributed by atoms with Crippen LogP contribution >= 0.6 is 0 Å². The number of nitrogens with one attached hydrogen (secondary N) is 1. The minimum atomic E-state index is 0. The molecule has 184 valence electrons. The van der Waals surface area contributed by atoms with E-state index in [0.717, 1.165) is 13.1 Å². The van der Waals surface area contributed by atoms with E-state index in [4.69, 9.17) is 0 Å². The van der Waals surface area contributed by atoms with Crippen LogP contribution < -0.4 is 5.32 Å². The van der Waals surface area contributed by atoms with E-state index in [1.54, 1.807) is 0 Å². The lowest BCUT2D eigenvalue weighted by molar-refractivity contribution is 0.111. The Labute approximate surface area is 189 Å². The fraction of sp³-hybridized carbons (Fsp3) is 1.00. The van der Waals surface area contributed by atoms with Crippen molar-refractivity contribution in [3.8, 4) is 0 Å². The van der Waals surface area contributed by atoms with Gasteiger partial charge in [0.05, 0.1) is 0 Å². The van der Waals surface area contributed by atoms with Crippen LogP contribution in [0, 0.1) is 0 Å². The van der Waals surface area contributed by atoms with Gasteiger partial charge in [0.15, 0.2) is 0 Å². The first-order valence-electron chi connectivity index (χ1n) is 12.4. The van der Waals surface area contributed by atoms with E-state index in [0.29, 0.717) is 11.1 Å². The van der Waals surface area contributed by atoms with Gasteiger partial charge in [0.1, 0.15) is 0 Å². The standard InChI is InChI=1S/C9H19N.C8H18N2.4C2H6.CH4/c1-9(2,3)10-7-5-4-6-8-10;1-8(2,3)10-6-4-9-5-7-10;4*1-2;/h4-8H2,1-3H3;9H,4-7H2,1-3H3;4*1-2H3;1H4. The second-order valence-corrected chi connectivity index (χ2v) is 8.13. The lowest BCUT2D eigenvalue weighted by atomic mass is 10.0. The van der Waals surface area contributed by atoms with Gasteiger partial charge in [-0.25, -0.2) is 0 Å². The number of piperazine rings is 1. The molecule has 2 rings (SSSR count). The minimum absolute atomic E-state index is 0. The molecule has 0 bridgehead atoms. The summed E-state index contributed by atoms with van der Waals surface area (Å²) in [6, 6.07) is 0. The van der Waals surface area contributed by atoms with Gasteiger partial charge in [0.2, 0.25) is 0 Å². The molecule has 0 unspecified atom stereocenters. The number of rotatable bonds is 0. The number of likely N-dealkylation sites (tertiary alicyclic amines) is 1. The highest BCUT2D eigenvalue weighted by molar-refractivity contribution is 4.80. The van der Waals surface area contributed by atoms with E-state index in [-0.39, 0.29) is 7.43 Å². The third kappa shape index (κ3) is 24.0. The van der Waals surface area contributed by atoms with Crippen molar-refractivity contribution in [3.63, 3.8) is 0 Å². The highest BCUT2D eigenvalue weighted by atomic mass is 15.2. The van der Waals surface area contributed by atoms with Gasteiger partial charge < -0.3 is 5.32 Å². The van der Waals surface area contributed by atoms with Crippen molar-refractivity contribution in [1.82, 2.24) is 15.1 Å². The van der Waals surface area contributed by atoms with Crippen LogP contribution in [0.4, 0.5) is 0 Å². The zero-order valence-electron chi connectivity index (χ0n) is 22.8. The first-order chi connectivity index (χ1) is 13.2. The molecule has 2 fully saturated rings. The third-order valence-electron chi connectivity index (χ3n) is 4.37. The topological polar surface area (TPSA) is 18.5 Å². The van der Waals surface area contributed by atoms with Crippen molar-refractivity contribution in [2.24, 2.45) is 0 Å². The summed E-state index contributed by atoms with van der Waals surface area (Å²) in [7, 11) is 0. The molecule has 3 nitrogen and oxygen atoms in total. The summed E-state index contributed by atoms with van der Waals surface area (Å²) < 4.78 is 0. The smallest absolute Gasteiger partial charge is 0.0126 e. The van der Waals surface area contributed by atoms with Crippen LogP contribution in [0.2, 0.25) is 0 Å². The summed E-state index contributed by atoms with van der Waals surface area (Å²) in [5.41, 5.74) is 0.766. The van der Waals surface area contributed by atoms with Gasteiger partial charge in [0.25, 0.3) is 0 Å². The molecule has 0 saturated carbocycles. The van der Waals surface area contributed by atoms with Crippen LogP contribution in [-0.2, 0) is 0 Å². The maximum Gasteiger partial charge on any atom is 0.0126 e. The van der Waals surface area contributed by atoms with E-state index in [1.807, 2.05) is 55.4 Å². The molecule has 29 heavy (non-hydrogen) atoms. The molecular weight excluding hydrogens is 354 g/mol. The quantitative estimate of drug-likeness (QED) is 0.434. The predicted octanol–water partition coefficient (Wildman–Crippen LogP) is 7.70. The van der Waals surface area contributed by atoms with E-state index in [2.05, 4.69) is 56.7 Å². The molecule has 0 aromatic heterocycles. The maximum atomic E-state index is 3.35. The minimum Gasteiger partial charge on any atom is -0.314 e. The second-order valence-electron chi connectivity index (χ2n) is 8.13. The van der Waals surface area contributed by atoms with Crippen molar-refractivity contribution in [1.29, 1.82) is 0 Å². The van der Waals surface area contributed by atoms with Crippen LogP contribution in [0.5, 0.6) is 0 Å². The Balaban J connectivity index is -0.0000000961. The monoisotopic (exact) mass is 420 g/mol. The highest BCUT2D eigenvalue weighted by Crippen LogP contribution is 2.19. The van der Waals surface area contributed by atoms with E-state index >= 15 is 0 Å². The van der Waals surface area contributed by atoms with Crippen LogP contribution in [0.15, 0.2) is 0 Å². The molecule has 0 aliphatic carbocycles. The van der Waals surface area contributed by atoms with Gasteiger partial charge >= 0.3 is 0 Å². The first-order valence-corrected chi connectivity index (χ1v) is 12.4. The van der Waals surface area contributed by atoms with Crippen molar-refractivity contribution >= 4 is 0 Å². The molecule has 1 N–H and O–H groups in total. The van der Waals surface area contributed by atoms with Gasteiger partial charge in [-0.2, -0.15) is 0 Å². The van der Waals surface area contributed by atoms with Crippen molar-refractivity contribution < 1.29 is 0 Å². The number of hydrogen-bond acceptors (Lipinski definition) is 3. The van der Waals surface area contributed by atoms with Crippen LogP contribution in [0.1, 0.15) is 124 Å². The molecule has 0 radical (unpaired) electrons. The number of piperidine rings is 1. The average Bonchev–Trinajstić information content (AvgIpc) is 2.74. The highest BCUT2D eigenvalue weighted by Gasteiger charge is 2.22. The molecule has 0 amide bonds. The average molecular weight is 420 g/mol. The second kappa shape index (κ2) is 25.9. The number of hydrogen-bond donors (Lipinski definition) is 1. The van der Waals surface area contributed by atoms with Gasteiger partial charge in [0, 0.05) is 37.3 Å². The Bertz CT molecular complexity index is 224. The summed E-state index contributed by atoms with van der Waals surface area (Å²) in [6.07, 6.45) is 4.24. The fourth-order valence-electron chi connectivity index (χ4n) is 2.90. The summed E-state index contributed by atoms with van der Waals surface area (Å²) in [6.45, 7) is 37.1. The third-order valence-corrected chi connectivity index (χ3v) is 4.37. The zero-order valence-corrected chi connectivity index (χ0v) is 22.8. The Morgan fingerprint density at radius 3 is 0.966 bits per heavy atom. The largest absolute Gasteiger partial charge is 0.314 e. The molecule has 2 aliphatic heterocycles. The molecular formula is C26H65N3. The maximum absolute atomic E-state index is 3.35. The SMILES string of the molecule is C.CC.CC.CC.CC.CC(C)(C)N1CCCCC1.CC(C)(C)N1CCNCC1. The van der Waals surface area contributed by atoms with E-state index in [9.17, 15) is 0 Å². The molecule has 0 atom stereocenters.